The van der Waals surface area contributed by atoms with Crippen LogP contribution in [0.3, 0.4) is 0 Å². The highest BCUT2D eigenvalue weighted by molar-refractivity contribution is 6.38. The molecule has 0 aromatic rings. The number of piperidine rings is 2. The molecule has 450 valence electrons. The van der Waals surface area contributed by atoms with Crippen molar-refractivity contribution < 1.29 is 57.7 Å². The summed E-state index contributed by atoms with van der Waals surface area (Å²) >= 11 is 0. The van der Waals surface area contributed by atoms with Crippen LogP contribution >= 0.6 is 0 Å². The molecule has 0 radical (unpaired) electrons. The Morgan fingerprint density at radius 2 is 1.01 bits per heavy atom. The van der Waals surface area contributed by atoms with E-state index in [1.165, 1.54) is 0 Å². The minimum Gasteiger partial charge on any atom is -0.444 e. The van der Waals surface area contributed by atoms with Gasteiger partial charge >= 0.3 is 12.2 Å². The lowest BCUT2D eigenvalue weighted by Gasteiger charge is -2.38. The second-order valence-corrected chi connectivity index (χ2v) is 27.3. The van der Waals surface area contributed by atoms with Crippen LogP contribution in [0.25, 0.3) is 0 Å². The van der Waals surface area contributed by atoms with E-state index < -0.39 is 87.9 Å². The van der Waals surface area contributed by atoms with Gasteiger partial charge in [0, 0.05) is 57.5 Å². The number of fused-ring (bicyclic) bond motifs is 2. The number of Topliss-reactive ketones (excluding diaryl/α,β-unsaturated/α-hetero) is 5. The summed E-state index contributed by atoms with van der Waals surface area (Å²) in [6.45, 7) is 37.9. The highest BCUT2D eigenvalue weighted by atomic mass is 16.6. The molecule has 2 heterocycles. The Kier molecular flexibility index (Phi) is 25.7. The number of allylic oxidation sites excluding steroid dienone is 2. The van der Waals surface area contributed by atoms with Gasteiger partial charge in [0.1, 0.15) is 29.4 Å². The number of terminal acetylenes is 2. The first-order valence-electron chi connectivity index (χ1n) is 27.7. The van der Waals surface area contributed by atoms with Crippen molar-refractivity contribution in [2.24, 2.45) is 57.2 Å². The van der Waals surface area contributed by atoms with Crippen LogP contribution in [-0.2, 0) is 43.0 Å². The zero-order valence-electron chi connectivity index (χ0n) is 49.9. The van der Waals surface area contributed by atoms with Crippen molar-refractivity contribution in [1.82, 2.24) is 20.4 Å². The number of aliphatic hydroxyl groups excluding tert-OH is 1. The molecule has 4 amide bonds. The number of nitrogens with one attached hydrogen (secondary N) is 2. The minimum absolute atomic E-state index is 0. The number of rotatable bonds is 24. The van der Waals surface area contributed by atoms with Gasteiger partial charge in [-0.2, -0.15) is 0 Å². The molecule has 2 aliphatic heterocycles. The van der Waals surface area contributed by atoms with Crippen LogP contribution in [0.1, 0.15) is 190 Å². The molecule has 16 heteroatoms. The van der Waals surface area contributed by atoms with Crippen LogP contribution < -0.4 is 10.6 Å². The quantitative estimate of drug-likeness (QED) is 0.0467. The van der Waals surface area contributed by atoms with E-state index in [2.05, 4.69) is 63.3 Å². The maximum Gasteiger partial charge on any atom is 0.408 e. The van der Waals surface area contributed by atoms with Crippen molar-refractivity contribution >= 4 is 52.9 Å². The molecule has 3 N–H and O–H groups in total. The third-order valence-corrected chi connectivity index (χ3v) is 16.0. The first-order valence-corrected chi connectivity index (χ1v) is 27.7. The minimum atomic E-state index is -1.31. The van der Waals surface area contributed by atoms with Crippen LogP contribution in [0.2, 0.25) is 0 Å². The van der Waals surface area contributed by atoms with E-state index >= 15 is 0 Å². The molecule has 4 aliphatic rings. The number of amides is 4. The smallest absolute Gasteiger partial charge is 0.408 e. The van der Waals surface area contributed by atoms with E-state index in [-0.39, 0.29) is 117 Å². The topological polar surface area (TPSA) is 223 Å². The molecule has 11 atom stereocenters. The van der Waals surface area contributed by atoms with Gasteiger partial charge in [0.05, 0.1) is 12.1 Å². The number of alkyl carbamates (subject to hydrolysis) is 2. The Morgan fingerprint density at radius 3 is 1.38 bits per heavy atom. The number of hydrogen-bond acceptors (Lipinski definition) is 12. The summed E-state index contributed by atoms with van der Waals surface area (Å²) in [6.07, 6.45) is 13.2. The Bertz CT molecular complexity index is 2360. The summed E-state index contributed by atoms with van der Waals surface area (Å²) in [5.74, 6) is 1.14. The second-order valence-electron chi connectivity index (χ2n) is 27.3. The molecule has 2 saturated carbocycles. The predicted octanol–water partition coefficient (Wildman–Crippen LogP) is 10.1. The fraction of sp³-hybridized carbons (Fsp3) is 0.734. The summed E-state index contributed by atoms with van der Waals surface area (Å²) < 4.78 is 10.8. The maximum atomic E-state index is 14.0. The molecule has 0 bridgehead atoms. The van der Waals surface area contributed by atoms with Gasteiger partial charge in [-0.25, -0.2) is 9.59 Å². The highest BCUT2D eigenvalue weighted by Crippen LogP contribution is 2.66. The lowest BCUT2D eigenvalue weighted by atomic mass is 9.83. The Balaban J connectivity index is 0.000000780. The summed E-state index contributed by atoms with van der Waals surface area (Å²) in [5, 5.41) is 16.3. The maximum absolute atomic E-state index is 14.0. The van der Waals surface area contributed by atoms with Gasteiger partial charge in [0.25, 0.3) is 0 Å². The molecule has 2 saturated heterocycles. The van der Waals surface area contributed by atoms with Crippen LogP contribution in [-0.4, -0.2) is 122 Å². The molecule has 0 spiro atoms. The summed E-state index contributed by atoms with van der Waals surface area (Å²) in [4.78, 5) is 122. The van der Waals surface area contributed by atoms with Gasteiger partial charge in [0.15, 0.2) is 23.1 Å². The van der Waals surface area contributed by atoms with E-state index in [4.69, 9.17) is 22.3 Å². The van der Waals surface area contributed by atoms with Crippen LogP contribution in [0.4, 0.5) is 9.59 Å². The van der Waals surface area contributed by atoms with E-state index in [0.717, 1.165) is 0 Å². The number of ketones is 5. The molecule has 2 aliphatic carbocycles. The van der Waals surface area contributed by atoms with Gasteiger partial charge in [-0.15, -0.1) is 37.8 Å². The van der Waals surface area contributed by atoms with E-state index in [0.29, 0.717) is 38.8 Å². The lowest BCUT2D eigenvalue weighted by Crippen LogP contribution is -2.58. The first-order chi connectivity index (χ1) is 35.7. The molecule has 4 fully saturated rings. The van der Waals surface area contributed by atoms with Crippen molar-refractivity contribution in [3.8, 4) is 24.7 Å². The lowest BCUT2D eigenvalue weighted by molar-refractivity contribution is -0.145. The second kappa shape index (κ2) is 28.4. The number of aliphatic hydroxyl groups is 1. The fourth-order valence-electron chi connectivity index (χ4n) is 11.5. The van der Waals surface area contributed by atoms with Crippen molar-refractivity contribution in [2.75, 3.05) is 13.1 Å². The fourth-order valence-corrected chi connectivity index (χ4v) is 11.5. The van der Waals surface area contributed by atoms with Gasteiger partial charge in [0.2, 0.25) is 17.6 Å². The molecule has 5 unspecified atom stereocenters. The summed E-state index contributed by atoms with van der Waals surface area (Å²) in [5.41, 5.74) is -3.02. The molecular weight excluding hydrogens is 1020 g/mol. The van der Waals surface area contributed by atoms with E-state index in [1.807, 2.05) is 41.5 Å². The normalized spacial score (nSPS) is 22.9. The summed E-state index contributed by atoms with van der Waals surface area (Å²) in [7, 11) is 0. The molecule has 0 aromatic carbocycles. The molecule has 0 aromatic heterocycles. The average molecular weight is 1120 g/mol. The zero-order chi connectivity index (χ0) is 59.8. The Hall–Kier alpha value is -5.61. The zero-order valence-corrected chi connectivity index (χ0v) is 49.9. The molecule has 16 nitrogen and oxygen atoms in total. The van der Waals surface area contributed by atoms with E-state index in [1.54, 1.807) is 63.5 Å². The third-order valence-electron chi connectivity index (χ3n) is 16.0. The highest BCUT2D eigenvalue weighted by Gasteiger charge is 2.71. The number of hydrogen-bond donors (Lipinski definition) is 3. The first kappa shape index (κ1) is 72.4. The summed E-state index contributed by atoms with van der Waals surface area (Å²) in [6, 6.07) is -3.28. The number of carbonyl (C=O) groups excluding carboxylic acids is 9. The number of ether oxygens (including phenoxy) is 2. The van der Waals surface area contributed by atoms with E-state index in [9.17, 15) is 48.3 Å². The standard InChI is InChI=1S/C31H48N2O6.C31H46N2O6.2CH4/c2*1-11-13-15-19(25(36)21(34)16-14-12-2)17-22(35)24-23-20(31(23,9)10)18-33(24)27(37)26(29(3,4)5)32-28(38)39-30(6,7)8;;/h1,12,19-20,23-26,36H,2,13-18H2,3-10H3,(H,32,38);1,12,19-20,23-24,26H,2,13-18H2,3-10H3,(H,32,38);2*1H4/t19?,20?,23-,24+,25?,26+;19?,20?,23-,24+,26+;;/m00../s1. The van der Waals surface area contributed by atoms with Gasteiger partial charge < -0.3 is 35.0 Å². The predicted molar refractivity (Wildman–Crippen MR) is 313 cm³/mol. The van der Waals surface area contributed by atoms with Crippen LogP contribution in [0.15, 0.2) is 25.3 Å². The number of nitrogens with zero attached hydrogens (tertiary/aromatic N) is 2. The van der Waals surface area contributed by atoms with Crippen LogP contribution in [0, 0.1) is 81.9 Å². The molecule has 80 heavy (non-hydrogen) atoms. The SMILES string of the molecule is C.C.C#CCCC(CC(=O)[C@@H]1[C@@H]2C(CN1C(=O)[C@@H](NC(=O)OC(C)(C)C)C(C)(C)C)C2(C)C)C(=O)C(=O)CCC=C.C#CCCC(CC(=O)[C@@H]1[C@@H]2C(CN1C(=O)[C@@H](NC(=O)OC(C)(C)C)C(C)(C)C)C2(C)C)C(O)C(=O)CCC=C. The Morgan fingerprint density at radius 1 is 0.637 bits per heavy atom. The van der Waals surface area contributed by atoms with Gasteiger partial charge in [-0.3, -0.25) is 33.6 Å². The number of carbonyl (C=O) groups is 9. The largest absolute Gasteiger partial charge is 0.444 e. The monoisotopic (exact) mass is 1120 g/mol. The average Bonchev–Trinajstić information content (AvgIpc) is 3.75. The molecular formula is C64H102N4O12. The van der Waals surface area contributed by atoms with Crippen molar-refractivity contribution in [1.29, 1.82) is 0 Å². The molecule has 4 rings (SSSR count). The van der Waals surface area contributed by atoms with Crippen molar-refractivity contribution in [3.05, 3.63) is 25.3 Å². The van der Waals surface area contributed by atoms with Crippen LogP contribution in [0.5, 0.6) is 0 Å². The van der Waals surface area contributed by atoms with Crippen molar-refractivity contribution in [2.45, 2.75) is 231 Å². The Labute approximate surface area is 480 Å². The third kappa shape index (κ3) is 18.7. The van der Waals surface area contributed by atoms with Gasteiger partial charge in [-0.05, 0) is 118 Å². The number of likely N-dealkylation sites (tertiary alicyclic amines) is 2. The van der Waals surface area contributed by atoms with Crippen molar-refractivity contribution in [3.63, 3.8) is 0 Å². The van der Waals surface area contributed by atoms with Gasteiger partial charge in [-0.1, -0.05) is 96.2 Å².